The lowest BCUT2D eigenvalue weighted by atomic mass is 9.95. The summed E-state index contributed by atoms with van der Waals surface area (Å²) >= 11 is 3.49. The molecule has 1 fully saturated rings. The van der Waals surface area contributed by atoms with Gasteiger partial charge in [0.1, 0.15) is 11.8 Å². The van der Waals surface area contributed by atoms with Crippen LogP contribution in [0.4, 0.5) is 0 Å². The van der Waals surface area contributed by atoms with Crippen LogP contribution in [0, 0.1) is 13.8 Å². The maximum absolute atomic E-state index is 13.2. The van der Waals surface area contributed by atoms with Crippen molar-refractivity contribution in [1.82, 2.24) is 10.2 Å². The molecule has 1 aliphatic rings. The Labute approximate surface area is 199 Å². The summed E-state index contributed by atoms with van der Waals surface area (Å²) in [5.74, 6) is 0.369. The summed E-state index contributed by atoms with van der Waals surface area (Å²) in [4.78, 5) is 27.9. The number of amides is 2. The molecule has 1 saturated carbocycles. The second-order valence-electron chi connectivity index (χ2n) is 8.73. The summed E-state index contributed by atoms with van der Waals surface area (Å²) in [6.45, 7) is 6.01. The molecule has 0 spiro atoms. The fourth-order valence-corrected chi connectivity index (χ4v) is 4.61. The highest BCUT2D eigenvalue weighted by molar-refractivity contribution is 9.10. The summed E-state index contributed by atoms with van der Waals surface area (Å²) in [6.07, 6.45) is 5.53. The largest absolute Gasteiger partial charge is 0.483 e. The van der Waals surface area contributed by atoms with E-state index in [4.69, 9.17) is 4.74 Å². The Hall–Kier alpha value is -2.34. The Morgan fingerprint density at radius 1 is 1.12 bits per heavy atom. The van der Waals surface area contributed by atoms with Crippen molar-refractivity contribution in [2.24, 2.45) is 0 Å². The number of hydrogen-bond donors (Lipinski definition) is 1. The summed E-state index contributed by atoms with van der Waals surface area (Å²) in [5, 5.41) is 3.16. The fourth-order valence-electron chi connectivity index (χ4n) is 4.17. The lowest BCUT2D eigenvalue weighted by molar-refractivity contribution is -0.142. The van der Waals surface area contributed by atoms with Gasteiger partial charge in [-0.25, -0.2) is 0 Å². The smallest absolute Gasteiger partial charge is 0.261 e. The number of benzene rings is 2. The van der Waals surface area contributed by atoms with E-state index in [-0.39, 0.29) is 24.5 Å². The van der Waals surface area contributed by atoms with Gasteiger partial charge in [-0.15, -0.1) is 0 Å². The molecule has 1 N–H and O–H groups in total. The third-order valence-electron chi connectivity index (χ3n) is 6.04. The number of halogens is 1. The second kappa shape index (κ2) is 11.5. The maximum Gasteiger partial charge on any atom is 0.261 e. The molecule has 0 aliphatic heterocycles. The molecule has 0 aromatic heterocycles. The predicted octanol–water partition coefficient (Wildman–Crippen LogP) is 5.31. The van der Waals surface area contributed by atoms with Gasteiger partial charge in [-0.05, 0) is 62.9 Å². The van der Waals surface area contributed by atoms with Gasteiger partial charge in [0, 0.05) is 17.1 Å². The van der Waals surface area contributed by atoms with Crippen molar-refractivity contribution in [2.45, 2.75) is 71.5 Å². The topological polar surface area (TPSA) is 58.6 Å². The van der Waals surface area contributed by atoms with Crippen molar-refractivity contribution in [2.75, 3.05) is 6.61 Å². The summed E-state index contributed by atoms with van der Waals surface area (Å²) < 4.78 is 6.78. The average molecular weight is 501 g/mol. The Morgan fingerprint density at radius 2 is 1.88 bits per heavy atom. The van der Waals surface area contributed by atoms with Gasteiger partial charge in [0.25, 0.3) is 5.91 Å². The van der Waals surface area contributed by atoms with E-state index in [2.05, 4.69) is 21.2 Å². The standard InChI is InChI=1S/C26H33BrN2O3/c1-18-12-13-24(19(2)14-18)32-17-25(30)29(16-21-8-7-9-22(27)15-21)20(3)26(31)28-23-10-5-4-6-11-23/h7-9,12-15,20,23H,4-6,10-11,16-17H2,1-3H3,(H,28,31)/t20-/m0/s1. The van der Waals surface area contributed by atoms with Gasteiger partial charge in [0.05, 0.1) is 0 Å². The molecule has 3 rings (SSSR count). The Balaban J connectivity index is 1.72. The second-order valence-corrected chi connectivity index (χ2v) is 9.64. The van der Waals surface area contributed by atoms with E-state index in [0.717, 1.165) is 46.8 Å². The molecular weight excluding hydrogens is 468 g/mol. The molecule has 172 valence electrons. The molecule has 1 aliphatic carbocycles. The minimum Gasteiger partial charge on any atom is -0.483 e. The van der Waals surface area contributed by atoms with E-state index in [1.165, 1.54) is 6.42 Å². The number of ether oxygens (including phenoxy) is 1. The van der Waals surface area contributed by atoms with E-state index in [1.54, 1.807) is 11.8 Å². The van der Waals surface area contributed by atoms with Crippen LogP contribution < -0.4 is 10.1 Å². The molecule has 0 radical (unpaired) electrons. The Kier molecular flexibility index (Phi) is 8.74. The molecule has 6 heteroatoms. The van der Waals surface area contributed by atoms with E-state index in [9.17, 15) is 9.59 Å². The van der Waals surface area contributed by atoms with Crippen molar-refractivity contribution in [3.63, 3.8) is 0 Å². The van der Waals surface area contributed by atoms with Crippen LogP contribution in [0.1, 0.15) is 55.7 Å². The lowest BCUT2D eigenvalue weighted by Crippen LogP contribution is -2.51. The number of carbonyl (C=O) groups is 2. The Morgan fingerprint density at radius 3 is 2.56 bits per heavy atom. The molecular formula is C26H33BrN2O3. The SMILES string of the molecule is Cc1ccc(OCC(=O)N(Cc2cccc(Br)c2)[C@@H](C)C(=O)NC2CCCCC2)c(C)c1. The number of rotatable bonds is 8. The van der Waals surface area contributed by atoms with Crippen molar-refractivity contribution in [1.29, 1.82) is 0 Å². The van der Waals surface area contributed by atoms with Crippen LogP contribution in [0.2, 0.25) is 0 Å². The molecule has 5 nitrogen and oxygen atoms in total. The van der Waals surface area contributed by atoms with Crippen LogP contribution in [0.25, 0.3) is 0 Å². The average Bonchev–Trinajstić information content (AvgIpc) is 2.77. The molecule has 0 bridgehead atoms. The van der Waals surface area contributed by atoms with Crippen molar-refractivity contribution >= 4 is 27.7 Å². The molecule has 0 heterocycles. The van der Waals surface area contributed by atoms with Crippen molar-refractivity contribution < 1.29 is 14.3 Å². The zero-order valence-corrected chi connectivity index (χ0v) is 20.8. The van der Waals surface area contributed by atoms with Gasteiger partial charge >= 0.3 is 0 Å². The third-order valence-corrected chi connectivity index (χ3v) is 6.54. The van der Waals surface area contributed by atoms with Gasteiger partial charge < -0.3 is 15.0 Å². The van der Waals surface area contributed by atoms with Crippen molar-refractivity contribution in [3.05, 3.63) is 63.6 Å². The summed E-state index contributed by atoms with van der Waals surface area (Å²) in [5.41, 5.74) is 3.08. The van der Waals surface area contributed by atoms with Crippen LogP contribution in [0.15, 0.2) is 46.9 Å². The predicted molar refractivity (Wildman–Crippen MR) is 131 cm³/mol. The quantitative estimate of drug-likeness (QED) is 0.534. The zero-order valence-electron chi connectivity index (χ0n) is 19.2. The van der Waals surface area contributed by atoms with Gasteiger partial charge in [-0.3, -0.25) is 9.59 Å². The molecule has 32 heavy (non-hydrogen) atoms. The highest BCUT2D eigenvalue weighted by Gasteiger charge is 2.28. The summed E-state index contributed by atoms with van der Waals surface area (Å²) in [7, 11) is 0. The van der Waals surface area contributed by atoms with Crippen LogP contribution in [-0.4, -0.2) is 35.4 Å². The summed E-state index contributed by atoms with van der Waals surface area (Å²) in [6, 6.07) is 13.3. The number of aryl methyl sites for hydroxylation is 2. The van der Waals surface area contributed by atoms with Crippen LogP contribution in [0.5, 0.6) is 5.75 Å². The molecule has 1 atom stereocenters. The monoisotopic (exact) mass is 500 g/mol. The van der Waals surface area contributed by atoms with Gasteiger partial charge in [-0.2, -0.15) is 0 Å². The third kappa shape index (κ3) is 6.83. The van der Waals surface area contributed by atoms with Gasteiger partial charge in [-0.1, -0.05) is 65.0 Å². The van der Waals surface area contributed by atoms with Crippen LogP contribution in [0.3, 0.4) is 0 Å². The zero-order chi connectivity index (χ0) is 23.1. The van der Waals surface area contributed by atoms with Crippen LogP contribution >= 0.6 is 15.9 Å². The van der Waals surface area contributed by atoms with Crippen LogP contribution in [-0.2, 0) is 16.1 Å². The lowest BCUT2D eigenvalue weighted by Gasteiger charge is -2.31. The van der Waals surface area contributed by atoms with E-state index >= 15 is 0 Å². The van der Waals surface area contributed by atoms with Crippen molar-refractivity contribution in [3.8, 4) is 5.75 Å². The highest BCUT2D eigenvalue weighted by Crippen LogP contribution is 2.21. The van der Waals surface area contributed by atoms with Gasteiger partial charge in [0.2, 0.25) is 5.91 Å². The first-order valence-electron chi connectivity index (χ1n) is 11.4. The molecule has 2 aromatic carbocycles. The fraction of sp³-hybridized carbons (Fsp3) is 0.462. The minimum atomic E-state index is -0.592. The first-order chi connectivity index (χ1) is 15.3. The molecule has 2 aromatic rings. The molecule has 2 amide bonds. The Bertz CT molecular complexity index is 940. The van der Waals surface area contributed by atoms with E-state index in [1.807, 2.05) is 56.3 Å². The molecule has 0 saturated heterocycles. The number of carbonyl (C=O) groups excluding carboxylic acids is 2. The minimum absolute atomic E-state index is 0.105. The number of nitrogens with one attached hydrogen (secondary N) is 1. The first-order valence-corrected chi connectivity index (χ1v) is 12.2. The number of nitrogens with zero attached hydrogens (tertiary/aromatic N) is 1. The maximum atomic E-state index is 13.2. The number of hydrogen-bond acceptors (Lipinski definition) is 3. The molecule has 0 unspecified atom stereocenters. The highest BCUT2D eigenvalue weighted by atomic mass is 79.9. The normalized spacial score (nSPS) is 15.1. The van der Waals surface area contributed by atoms with Gasteiger partial charge in [0.15, 0.2) is 6.61 Å². The van der Waals surface area contributed by atoms with E-state index < -0.39 is 6.04 Å². The first kappa shape index (κ1) is 24.3. The van der Waals surface area contributed by atoms with E-state index in [0.29, 0.717) is 12.3 Å².